The van der Waals surface area contributed by atoms with E-state index in [9.17, 15) is 9.59 Å². The maximum atomic E-state index is 12.7. The second-order valence-corrected chi connectivity index (χ2v) is 8.61. The molecule has 2 aliphatic heterocycles. The number of methoxy groups -OCH3 is 1. The van der Waals surface area contributed by atoms with Crippen LogP contribution in [0.15, 0.2) is 24.4 Å². The number of carbonyl (C=O) groups excluding carboxylic acids is 2. The van der Waals surface area contributed by atoms with Gasteiger partial charge in [0.05, 0.1) is 19.7 Å². The number of fused-ring (bicyclic) bond motifs is 1. The van der Waals surface area contributed by atoms with Crippen LogP contribution in [0.1, 0.15) is 49.8 Å². The summed E-state index contributed by atoms with van der Waals surface area (Å²) in [5.74, 6) is 1.57. The van der Waals surface area contributed by atoms with Gasteiger partial charge in [0, 0.05) is 36.2 Å². The lowest BCUT2D eigenvalue weighted by Crippen LogP contribution is -2.46. The number of likely N-dealkylation sites (tertiary alicyclic amines) is 2. The summed E-state index contributed by atoms with van der Waals surface area (Å²) in [6.45, 7) is 6.87. The zero-order valence-corrected chi connectivity index (χ0v) is 18.2. The maximum Gasteiger partial charge on any atom is 0.223 e. The first-order chi connectivity index (χ1) is 14.5. The summed E-state index contributed by atoms with van der Waals surface area (Å²) in [6.07, 6.45) is 5.39. The van der Waals surface area contributed by atoms with Crippen molar-refractivity contribution in [2.24, 2.45) is 0 Å². The summed E-state index contributed by atoms with van der Waals surface area (Å²) in [5.41, 5.74) is 2.27. The summed E-state index contributed by atoms with van der Waals surface area (Å²) >= 11 is 0. The minimum Gasteiger partial charge on any atom is -0.496 e. The Balaban J connectivity index is 1.38. The standard InChI is InChI=1S/C24H31N3O3/c1-16-20-13-21(25-14-19(20)6-7-23(16)30-3)18-8-11-26(12-9-18)15-22(28)17(2)27-10-4-5-24(27)29/h6-7,13-14,17-18H,4-5,8-12,15H2,1-3H3. The van der Waals surface area contributed by atoms with Gasteiger partial charge in [-0.2, -0.15) is 0 Å². The summed E-state index contributed by atoms with van der Waals surface area (Å²) < 4.78 is 5.47. The smallest absolute Gasteiger partial charge is 0.223 e. The molecule has 1 unspecified atom stereocenters. The Hall–Kier alpha value is -2.47. The van der Waals surface area contributed by atoms with Crippen molar-refractivity contribution in [1.82, 2.24) is 14.8 Å². The van der Waals surface area contributed by atoms with Crippen molar-refractivity contribution >= 4 is 22.5 Å². The van der Waals surface area contributed by atoms with Crippen LogP contribution in [0.5, 0.6) is 5.75 Å². The van der Waals surface area contributed by atoms with E-state index in [1.54, 1.807) is 12.0 Å². The quantitative estimate of drug-likeness (QED) is 0.732. The number of amides is 1. The summed E-state index contributed by atoms with van der Waals surface area (Å²) in [4.78, 5) is 33.3. The van der Waals surface area contributed by atoms with Crippen LogP contribution in [0, 0.1) is 6.92 Å². The zero-order chi connectivity index (χ0) is 21.3. The number of piperidine rings is 1. The Morgan fingerprint density at radius 1 is 1.27 bits per heavy atom. The molecule has 0 aliphatic carbocycles. The fraction of sp³-hybridized carbons (Fsp3) is 0.542. The zero-order valence-electron chi connectivity index (χ0n) is 18.2. The molecule has 0 saturated carbocycles. The van der Waals surface area contributed by atoms with Gasteiger partial charge >= 0.3 is 0 Å². The highest BCUT2D eigenvalue weighted by Crippen LogP contribution is 2.32. The highest BCUT2D eigenvalue weighted by molar-refractivity contribution is 5.90. The number of aromatic nitrogens is 1. The molecule has 1 atom stereocenters. The molecule has 0 spiro atoms. The molecule has 2 aliphatic rings. The van der Waals surface area contributed by atoms with Gasteiger partial charge in [-0.1, -0.05) is 0 Å². The number of pyridine rings is 1. The molecule has 4 rings (SSSR count). The first kappa shape index (κ1) is 20.8. The van der Waals surface area contributed by atoms with E-state index >= 15 is 0 Å². The number of hydrogen-bond acceptors (Lipinski definition) is 5. The van der Waals surface area contributed by atoms with Gasteiger partial charge < -0.3 is 9.64 Å². The molecular formula is C24H31N3O3. The van der Waals surface area contributed by atoms with E-state index in [0.717, 1.165) is 54.7 Å². The first-order valence-corrected chi connectivity index (χ1v) is 11.0. The number of Topliss-reactive ketones (excluding diaryl/α,β-unsaturated/α-hetero) is 1. The third-order valence-corrected chi connectivity index (χ3v) is 6.79. The van der Waals surface area contributed by atoms with Crippen molar-refractivity contribution in [2.45, 2.75) is 51.5 Å². The van der Waals surface area contributed by atoms with Gasteiger partial charge in [0.15, 0.2) is 5.78 Å². The molecule has 0 N–H and O–H groups in total. The Bertz CT molecular complexity index is 950. The molecule has 6 nitrogen and oxygen atoms in total. The number of nitrogens with zero attached hydrogens (tertiary/aromatic N) is 3. The minimum absolute atomic E-state index is 0.115. The SMILES string of the molecule is COc1ccc2cnc(C3CCN(CC(=O)C(C)N4CCCC4=O)CC3)cc2c1C. The molecule has 2 aromatic rings. The van der Waals surface area contributed by atoms with E-state index in [1.807, 2.05) is 19.2 Å². The second kappa shape index (κ2) is 8.72. The van der Waals surface area contributed by atoms with Gasteiger partial charge in [0.25, 0.3) is 0 Å². The third-order valence-electron chi connectivity index (χ3n) is 6.79. The molecular weight excluding hydrogens is 378 g/mol. The van der Waals surface area contributed by atoms with E-state index in [2.05, 4.69) is 24.0 Å². The third kappa shape index (κ3) is 4.06. The monoisotopic (exact) mass is 409 g/mol. The molecule has 2 fully saturated rings. The van der Waals surface area contributed by atoms with Crippen LogP contribution < -0.4 is 4.74 Å². The largest absolute Gasteiger partial charge is 0.496 e. The highest BCUT2D eigenvalue weighted by atomic mass is 16.5. The van der Waals surface area contributed by atoms with E-state index < -0.39 is 0 Å². The minimum atomic E-state index is -0.308. The van der Waals surface area contributed by atoms with Crippen LogP contribution in [-0.2, 0) is 9.59 Å². The van der Waals surface area contributed by atoms with Gasteiger partial charge in [-0.3, -0.25) is 19.5 Å². The number of benzene rings is 1. The fourth-order valence-corrected chi connectivity index (χ4v) is 4.80. The Morgan fingerprint density at radius 2 is 2.03 bits per heavy atom. The van der Waals surface area contributed by atoms with Gasteiger partial charge in [-0.15, -0.1) is 0 Å². The lowest BCUT2D eigenvalue weighted by molar-refractivity contribution is -0.136. The summed E-state index contributed by atoms with van der Waals surface area (Å²) in [6, 6.07) is 5.95. The molecule has 1 aromatic carbocycles. The summed E-state index contributed by atoms with van der Waals surface area (Å²) in [7, 11) is 1.70. The van der Waals surface area contributed by atoms with Crippen molar-refractivity contribution < 1.29 is 14.3 Å². The Labute approximate surface area is 178 Å². The molecule has 160 valence electrons. The van der Waals surface area contributed by atoms with Crippen LogP contribution in [0.3, 0.4) is 0 Å². The molecule has 1 aromatic heterocycles. The predicted molar refractivity (Wildman–Crippen MR) is 117 cm³/mol. The molecule has 0 bridgehead atoms. The van der Waals surface area contributed by atoms with Crippen molar-refractivity contribution in [1.29, 1.82) is 0 Å². The lowest BCUT2D eigenvalue weighted by Gasteiger charge is -2.33. The number of ketones is 1. The average Bonchev–Trinajstić information content (AvgIpc) is 3.19. The average molecular weight is 410 g/mol. The van der Waals surface area contributed by atoms with Gasteiger partial charge in [-0.25, -0.2) is 0 Å². The summed E-state index contributed by atoms with van der Waals surface area (Å²) in [5, 5.41) is 2.33. The molecule has 6 heteroatoms. The van der Waals surface area contributed by atoms with Crippen LogP contribution >= 0.6 is 0 Å². The number of ether oxygens (including phenoxy) is 1. The first-order valence-electron chi connectivity index (χ1n) is 11.0. The van der Waals surface area contributed by atoms with Crippen molar-refractivity contribution in [3.8, 4) is 5.75 Å². The number of aryl methyl sites for hydroxylation is 1. The van der Waals surface area contributed by atoms with Gasteiger partial charge in [-0.05, 0) is 75.3 Å². The maximum absolute atomic E-state index is 12.7. The molecule has 1 amide bonds. The predicted octanol–water partition coefficient (Wildman–Crippen LogP) is 3.31. The molecule has 0 radical (unpaired) electrons. The van der Waals surface area contributed by atoms with Crippen molar-refractivity contribution in [3.63, 3.8) is 0 Å². The van der Waals surface area contributed by atoms with E-state index in [0.29, 0.717) is 25.4 Å². The molecule has 30 heavy (non-hydrogen) atoms. The molecule has 3 heterocycles. The lowest BCUT2D eigenvalue weighted by atomic mass is 9.91. The topological polar surface area (TPSA) is 62.7 Å². The second-order valence-electron chi connectivity index (χ2n) is 8.61. The van der Waals surface area contributed by atoms with Crippen LogP contribution in [0.4, 0.5) is 0 Å². The number of hydrogen-bond donors (Lipinski definition) is 0. The molecule has 2 saturated heterocycles. The van der Waals surface area contributed by atoms with Crippen LogP contribution in [-0.4, -0.2) is 65.8 Å². The Morgan fingerprint density at radius 3 is 2.70 bits per heavy atom. The fourth-order valence-electron chi connectivity index (χ4n) is 4.80. The number of rotatable bonds is 6. The normalized spacial score (nSPS) is 19.4. The van der Waals surface area contributed by atoms with Crippen LogP contribution in [0.25, 0.3) is 10.8 Å². The van der Waals surface area contributed by atoms with E-state index in [1.165, 1.54) is 5.39 Å². The van der Waals surface area contributed by atoms with Crippen molar-refractivity contribution in [2.75, 3.05) is 33.3 Å². The highest BCUT2D eigenvalue weighted by Gasteiger charge is 2.31. The Kier molecular flexibility index (Phi) is 6.04. The van der Waals surface area contributed by atoms with Crippen LogP contribution in [0.2, 0.25) is 0 Å². The van der Waals surface area contributed by atoms with E-state index in [-0.39, 0.29) is 17.7 Å². The number of carbonyl (C=O) groups is 2. The van der Waals surface area contributed by atoms with Gasteiger partial charge in [0.1, 0.15) is 5.75 Å². The van der Waals surface area contributed by atoms with Gasteiger partial charge in [0.2, 0.25) is 5.91 Å². The van der Waals surface area contributed by atoms with E-state index in [4.69, 9.17) is 9.72 Å². The van der Waals surface area contributed by atoms with Crippen molar-refractivity contribution in [3.05, 3.63) is 35.7 Å².